The van der Waals surface area contributed by atoms with Crippen LogP contribution in [0.25, 0.3) is 0 Å². The Kier molecular flexibility index (Phi) is 4.30. The summed E-state index contributed by atoms with van der Waals surface area (Å²) in [6, 6.07) is 6.07. The zero-order chi connectivity index (χ0) is 12.1. The van der Waals surface area contributed by atoms with Crippen molar-refractivity contribution < 1.29 is 14.8 Å². The van der Waals surface area contributed by atoms with Gasteiger partial charge < -0.3 is 5.11 Å². The summed E-state index contributed by atoms with van der Waals surface area (Å²) >= 11 is 1.37. The van der Waals surface area contributed by atoms with Gasteiger partial charge in [-0.2, -0.15) is 0 Å². The number of carbonyl (C=O) groups is 1. The molecule has 5 nitrogen and oxygen atoms in total. The Bertz CT molecular complexity index is 390. The molecule has 6 heteroatoms. The first-order chi connectivity index (χ1) is 7.50. The molecule has 0 heterocycles. The molecular formula is C10H11NO4S. The molecular weight excluding hydrogens is 230 g/mol. The van der Waals surface area contributed by atoms with Crippen molar-refractivity contribution in [1.29, 1.82) is 0 Å². The highest BCUT2D eigenvalue weighted by atomic mass is 32.2. The van der Waals surface area contributed by atoms with Crippen LogP contribution in [0.3, 0.4) is 0 Å². The van der Waals surface area contributed by atoms with Crippen molar-refractivity contribution in [3.8, 4) is 0 Å². The molecule has 0 bridgehead atoms. The summed E-state index contributed by atoms with van der Waals surface area (Å²) in [6.07, 6.45) is 0. The van der Waals surface area contributed by atoms with Crippen LogP contribution in [0.1, 0.15) is 6.92 Å². The lowest BCUT2D eigenvalue weighted by atomic mass is 10.2. The number of nitrogens with zero attached hydrogens (tertiary/aromatic N) is 1. The first-order valence-corrected chi connectivity index (χ1v) is 5.59. The molecule has 86 valence electrons. The van der Waals surface area contributed by atoms with Crippen LogP contribution in [-0.2, 0) is 4.79 Å². The topological polar surface area (TPSA) is 80.4 Å². The Labute approximate surface area is 96.6 Å². The number of carboxylic acids is 1. The van der Waals surface area contributed by atoms with E-state index in [9.17, 15) is 14.9 Å². The van der Waals surface area contributed by atoms with Crippen LogP contribution in [0.2, 0.25) is 0 Å². The van der Waals surface area contributed by atoms with E-state index in [1.165, 1.54) is 23.9 Å². The van der Waals surface area contributed by atoms with Crippen molar-refractivity contribution in [1.82, 2.24) is 0 Å². The average Bonchev–Trinajstić information content (AvgIpc) is 2.26. The van der Waals surface area contributed by atoms with E-state index in [-0.39, 0.29) is 5.69 Å². The van der Waals surface area contributed by atoms with E-state index in [1.807, 2.05) is 0 Å². The summed E-state index contributed by atoms with van der Waals surface area (Å²) in [4.78, 5) is 21.3. The molecule has 0 saturated heterocycles. The van der Waals surface area contributed by atoms with Crippen molar-refractivity contribution >= 4 is 23.4 Å². The largest absolute Gasteiger partial charge is 0.481 e. The van der Waals surface area contributed by atoms with E-state index in [0.717, 1.165) is 4.90 Å². The Balaban J connectivity index is 2.56. The Morgan fingerprint density at radius 1 is 1.50 bits per heavy atom. The second kappa shape index (κ2) is 5.50. The van der Waals surface area contributed by atoms with Crippen molar-refractivity contribution in [2.45, 2.75) is 11.8 Å². The van der Waals surface area contributed by atoms with Gasteiger partial charge in [-0.25, -0.2) is 0 Å². The summed E-state index contributed by atoms with van der Waals surface area (Å²) in [5.74, 6) is -0.817. The Morgan fingerprint density at radius 3 is 2.50 bits per heavy atom. The molecule has 0 radical (unpaired) electrons. The molecule has 0 amide bonds. The number of aliphatic carboxylic acids is 1. The molecule has 1 aromatic rings. The highest BCUT2D eigenvalue weighted by Crippen LogP contribution is 2.23. The SMILES string of the molecule is CC(CSc1ccc([N+](=O)[O-])cc1)C(=O)O. The zero-order valence-electron chi connectivity index (χ0n) is 8.62. The van der Waals surface area contributed by atoms with E-state index < -0.39 is 16.8 Å². The minimum atomic E-state index is -0.839. The van der Waals surface area contributed by atoms with E-state index in [0.29, 0.717) is 5.75 Å². The fourth-order valence-corrected chi connectivity index (χ4v) is 1.87. The molecule has 0 aliphatic rings. The summed E-state index contributed by atoms with van der Waals surface area (Å²) < 4.78 is 0. The lowest BCUT2D eigenvalue weighted by Crippen LogP contribution is -2.11. The van der Waals surface area contributed by atoms with Crippen LogP contribution in [0.4, 0.5) is 5.69 Å². The lowest BCUT2D eigenvalue weighted by Gasteiger charge is -2.05. The van der Waals surface area contributed by atoms with Crippen molar-refractivity contribution in [2.75, 3.05) is 5.75 Å². The number of benzene rings is 1. The van der Waals surface area contributed by atoms with E-state index in [2.05, 4.69) is 0 Å². The maximum atomic E-state index is 10.6. The number of carboxylic acid groups (broad SMARTS) is 1. The van der Waals surface area contributed by atoms with Crippen LogP contribution in [0.15, 0.2) is 29.2 Å². The van der Waals surface area contributed by atoms with E-state index in [4.69, 9.17) is 5.11 Å². The highest BCUT2D eigenvalue weighted by Gasteiger charge is 2.11. The monoisotopic (exact) mass is 241 g/mol. The predicted molar refractivity (Wildman–Crippen MR) is 60.6 cm³/mol. The normalized spacial score (nSPS) is 12.1. The maximum Gasteiger partial charge on any atom is 0.307 e. The highest BCUT2D eigenvalue weighted by molar-refractivity contribution is 7.99. The Hall–Kier alpha value is -1.56. The molecule has 0 spiro atoms. The summed E-state index contributed by atoms with van der Waals surface area (Å²) in [5.41, 5.74) is 0.0376. The molecule has 0 fully saturated rings. The van der Waals surface area contributed by atoms with E-state index in [1.54, 1.807) is 19.1 Å². The first-order valence-electron chi connectivity index (χ1n) is 4.60. The molecule has 0 aromatic heterocycles. The molecule has 0 aliphatic carbocycles. The van der Waals surface area contributed by atoms with Crippen LogP contribution in [0.5, 0.6) is 0 Å². The minimum absolute atomic E-state index is 0.0376. The molecule has 1 rings (SSSR count). The summed E-state index contributed by atoms with van der Waals surface area (Å²) in [5, 5.41) is 19.1. The molecule has 1 aromatic carbocycles. The smallest absolute Gasteiger partial charge is 0.307 e. The first kappa shape index (κ1) is 12.5. The number of hydrogen-bond acceptors (Lipinski definition) is 4. The van der Waals surface area contributed by atoms with Gasteiger partial charge in [0.15, 0.2) is 0 Å². The van der Waals surface area contributed by atoms with Gasteiger partial charge in [-0.1, -0.05) is 6.92 Å². The molecule has 1 atom stereocenters. The second-order valence-corrected chi connectivity index (χ2v) is 4.39. The van der Waals surface area contributed by atoms with Gasteiger partial charge in [0.1, 0.15) is 0 Å². The van der Waals surface area contributed by atoms with Gasteiger partial charge in [0.2, 0.25) is 0 Å². The van der Waals surface area contributed by atoms with Crippen molar-refractivity contribution in [2.24, 2.45) is 5.92 Å². The van der Waals surface area contributed by atoms with Gasteiger partial charge in [0.05, 0.1) is 10.8 Å². The number of rotatable bonds is 5. The zero-order valence-corrected chi connectivity index (χ0v) is 9.44. The van der Waals surface area contributed by atoms with Gasteiger partial charge in [0.25, 0.3) is 5.69 Å². The summed E-state index contributed by atoms with van der Waals surface area (Å²) in [7, 11) is 0. The third kappa shape index (κ3) is 3.54. The number of hydrogen-bond donors (Lipinski definition) is 1. The standard InChI is InChI=1S/C10H11NO4S/c1-7(10(12)13)6-16-9-4-2-8(3-5-9)11(14)15/h2-5,7H,6H2,1H3,(H,12,13). The van der Waals surface area contributed by atoms with Crippen LogP contribution in [-0.4, -0.2) is 21.8 Å². The fourth-order valence-electron chi connectivity index (χ4n) is 0.957. The van der Waals surface area contributed by atoms with Crippen molar-refractivity contribution in [3.63, 3.8) is 0 Å². The van der Waals surface area contributed by atoms with Crippen LogP contribution >= 0.6 is 11.8 Å². The van der Waals surface area contributed by atoms with Gasteiger partial charge in [0, 0.05) is 22.8 Å². The third-order valence-electron chi connectivity index (χ3n) is 1.97. The summed E-state index contributed by atoms with van der Waals surface area (Å²) in [6.45, 7) is 1.63. The predicted octanol–water partition coefficient (Wildman–Crippen LogP) is 2.41. The number of nitro groups is 1. The lowest BCUT2D eigenvalue weighted by molar-refractivity contribution is -0.384. The van der Waals surface area contributed by atoms with Gasteiger partial charge in [-0.05, 0) is 12.1 Å². The number of thioether (sulfide) groups is 1. The van der Waals surface area contributed by atoms with Gasteiger partial charge >= 0.3 is 5.97 Å². The minimum Gasteiger partial charge on any atom is -0.481 e. The molecule has 0 aliphatic heterocycles. The fraction of sp³-hybridized carbons (Fsp3) is 0.300. The molecule has 16 heavy (non-hydrogen) atoms. The third-order valence-corrected chi connectivity index (χ3v) is 3.24. The average molecular weight is 241 g/mol. The molecule has 1 unspecified atom stereocenters. The van der Waals surface area contributed by atoms with Crippen LogP contribution < -0.4 is 0 Å². The van der Waals surface area contributed by atoms with Gasteiger partial charge in [-0.15, -0.1) is 11.8 Å². The van der Waals surface area contributed by atoms with Crippen LogP contribution in [0, 0.1) is 16.0 Å². The van der Waals surface area contributed by atoms with Gasteiger partial charge in [-0.3, -0.25) is 14.9 Å². The Morgan fingerprint density at radius 2 is 2.06 bits per heavy atom. The van der Waals surface area contributed by atoms with E-state index >= 15 is 0 Å². The van der Waals surface area contributed by atoms with Crippen molar-refractivity contribution in [3.05, 3.63) is 34.4 Å². The maximum absolute atomic E-state index is 10.6. The quantitative estimate of drug-likeness (QED) is 0.486. The number of non-ortho nitro benzene ring substituents is 1. The second-order valence-electron chi connectivity index (χ2n) is 3.30. The molecule has 0 saturated carbocycles. The number of nitro benzene ring substituents is 1. The molecule has 1 N–H and O–H groups in total.